The molecule has 1 unspecified atom stereocenters. The normalized spacial score (nSPS) is 14.5. The second-order valence-corrected chi connectivity index (χ2v) is 11.6. The van der Waals surface area contributed by atoms with E-state index < -0.39 is 6.17 Å². The van der Waals surface area contributed by atoms with Gasteiger partial charge in [-0.25, -0.2) is 4.99 Å². The van der Waals surface area contributed by atoms with E-state index in [0.29, 0.717) is 5.84 Å². The maximum Gasteiger partial charge on any atom is 0.167 e. The maximum absolute atomic E-state index is 6.49. The van der Waals surface area contributed by atoms with Crippen molar-refractivity contribution in [3.05, 3.63) is 191 Å². The van der Waals surface area contributed by atoms with Crippen LogP contribution in [0.4, 0.5) is 0 Å². The standard InChI is InChI=1S/C43H39N3/c1-4-32-26-27-38(37-23-14-22-36(28-37)33-16-8-5-9-17-33)29-41(32)40-25-15-24-39(30(40)2)31(3)45-43(35-20-12-7-13-21-35)46-42(44)34-18-10-6-11-19-34/h4-25,28-29,43H,1,26-27H2,2-3H3,(H2,44,46). The highest BCUT2D eigenvalue weighted by molar-refractivity contribution is 6.02. The zero-order valence-electron chi connectivity index (χ0n) is 26.5. The third kappa shape index (κ3) is 6.74. The average Bonchev–Trinajstić information content (AvgIpc) is 3.12. The lowest BCUT2D eigenvalue weighted by atomic mass is 9.83. The van der Waals surface area contributed by atoms with Gasteiger partial charge in [0.15, 0.2) is 6.17 Å². The van der Waals surface area contributed by atoms with Gasteiger partial charge in [-0.3, -0.25) is 4.99 Å². The van der Waals surface area contributed by atoms with E-state index in [0.717, 1.165) is 35.2 Å². The summed E-state index contributed by atoms with van der Waals surface area (Å²) >= 11 is 0. The van der Waals surface area contributed by atoms with Gasteiger partial charge in [0.25, 0.3) is 0 Å². The highest BCUT2D eigenvalue weighted by Gasteiger charge is 2.19. The number of nitrogens with zero attached hydrogens (tertiary/aromatic N) is 2. The molecule has 0 spiro atoms. The van der Waals surface area contributed by atoms with Crippen LogP contribution >= 0.6 is 0 Å². The first-order valence-corrected chi connectivity index (χ1v) is 15.8. The molecule has 0 amide bonds. The number of amidine groups is 1. The largest absolute Gasteiger partial charge is 0.383 e. The van der Waals surface area contributed by atoms with Crippen LogP contribution in [0.5, 0.6) is 0 Å². The van der Waals surface area contributed by atoms with E-state index in [2.05, 4.69) is 111 Å². The summed E-state index contributed by atoms with van der Waals surface area (Å²) in [5.74, 6) is 0.466. The molecular weight excluding hydrogens is 558 g/mol. The monoisotopic (exact) mass is 597 g/mol. The summed E-state index contributed by atoms with van der Waals surface area (Å²) in [4.78, 5) is 10.1. The van der Waals surface area contributed by atoms with Gasteiger partial charge in [0, 0.05) is 11.3 Å². The van der Waals surface area contributed by atoms with Crippen LogP contribution < -0.4 is 5.73 Å². The van der Waals surface area contributed by atoms with E-state index in [1.54, 1.807) is 0 Å². The number of benzene rings is 5. The summed E-state index contributed by atoms with van der Waals surface area (Å²) in [6.07, 6.45) is 5.83. The molecule has 1 aliphatic carbocycles. The van der Waals surface area contributed by atoms with Crippen molar-refractivity contribution < 1.29 is 0 Å². The fraction of sp³-hybridized carbons (Fsp3) is 0.116. The molecule has 0 fully saturated rings. The first kappa shape index (κ1) is 30.5. The van der Waals surface area contributed by atoms with Crippen LogP contribution in [0.2, 0.25) is 0 Å². The lowest BCUT2D eigenvalue weighted by molar-refractivity contribution is 0.776. The topological polar surface area (TPSA) is 50.7 Å². The summed E-state index contributed by atoms with van der Waals surface area (Å²) in [5.41, 5.74) is 20.3. The van der Waals surface area contributed by atoms with Crippen molar-refractivity contribution in [2.75, 3.05) is 0 Å². The van der Waals surface area contributed by atoms with E-state index in [1.807, 2.05) is 54.6 Å². The van der Waals surface area contributed by atoms with E-state index in [9.17, 15) is 0 Å². The number of hydrogen-bond donors (Lipinski definition) is 1. The first-order valence-electron chi connectivity index (χ1n) is 15.8. The molecule has 2 N–H and O–H groups in total. The van der Waals surface area contributed by atoms with Crippen molar-refractivity contribution >= 4 is 22.7 Å². The molecule has 0 bridgehead atoms. The zero-order chi connectivity index (χ0) is 31.9. The fourth-order valence-electron chi connectivity index (χ4n) is 6.15. The number of aliphatic imine (C=N–C) groups is 2. The Kier molecular flexibility index (Phi) is 9.31. The van der Waals surface area contributed by atoms with Crippen LogP contribution in [0.15, 0.2) is 168 Å². The van der Waals surface area contributed by atoms with Crippen molar-refractivity contribution in [3.8, 4) is 11.1 Å². The Balaban J connectivity index is 1.38. The summed E-state index contributed by atoms with van der Waals surface area (Å²) in [7, 11) is 0. The highest BCUT2D eigenvalue weighted by atomic mass is 15.0. The second-order valence-electron chi connectivity index (χ2n) is 11.6. The lowest BCUT2D eigenvalue weighted by Crippen LogP contribution is -2.15. The molecule has 5 aromatic rings. The first-order chi connectivity index (χ1) is 22.5. The van der Waals surface area contributed by atoms with Gasteiger partial charge in [0.1, 0.15) is 5.84 Å². The summed E-state index contributed by atoms with van der Waals surface area (Å²) < 4.78 is 0. The predicted molar refractivity (Wildman–Crippen MR) is 196 cm³/mol. The Hall–Kier alpha value is -5.54. The molecule has 0 saturated heterocycles. The summed E-state index contributed by atoms with van der Waals surface area (Å²) in [6, 6.07) is 45.9. The van der Waals surface area contributed by atoms with Crippen LogP contribution in [0, 0.1) is 6.92 Å². The van der Waals surface area contributed by atoms with Crippen molar-refractivity contribution in [3.63, 3.8) is 0 Å². The second kappa shape index (κ2) is 14.0. The summed E-state index contributed by atoms with van der Waals surface area (Å²) in [6.45, 7) is 8.44. The van der Waals surface area contributed by atoms with Crippen LogP contribution in [0.25, 0.3) is 22.3 Å². The zero-order valence-corrected chi connectivity index (χ0v) is 26.5. The minimum absolute atomic E-state index is 0.466. The summed E-state index contributed by atoms with van der Waals surface area (Å²) in [5, 5.41) is 0. The molecular formula is C43H39N3. The molecule has 0 aromatic heterocycles. The van der Waals surface area contributed by atoms with Gasteiger partial charge in [0.2, 0.25) is 0 Å². The molecule has 3 nitrogen and oxygen atoms in total. The molecule has 5 aromatic carbocycles. The lowest BCUT2D eigenvalue weighted by Gasteiger charge is -2.22. The SMILES string of the molecule is C=CC1=C(c2cccc(C(C)=NC(N=C(N)c3ccccc3)c3ccccc3)c2C)C=C(c2cccc(-c3ccccc3)c2)CC1. The van der Waals surface area contributed by atoms with Crippen LogP contribution in [0.3, 0.4) is 0 Å². The minimum Gasteiger partial charge on any atom is -0.383 e. The van der Waals surface area contributed by atoms with Gasteiger partial charge >= 0.3 is 0 Å². The van der Waals surface area contributed by atoms with Crippen LogP contribution in [-0.2, 0) is 0 Å². The molecule has 1 aliphatic rings. The van der Waals surface area contributed by atoms with Gasteiger partial charge < -0.3 is 5.73 Å². The molecule has 226 valence electrons. The molecule has 6 rings (SSSR count). The molecule has 0 radical (unpaired) electrons. The molecule has 0 saturated carbocycles. The maximum atomic E-state index is 6.49. The number of hydrogen-bond acceptors (Lipinski definition) is 2. The highest BCUT2D eigenvalue weighted by Crippen LogP contribution is 2.38. The van der Waals surface area contributed by atoms with E-state index >= 15 is 0 Å². The molecule has 0 aliphatic heterocycles. The van der Waals surface area contributed by atoms with Gasteiger partial charge in [0.05, 0.1) is 0 Å². The Morgan fingerprint density at radius 3 is 2.07 bits per heavy atom. The van der Waals surface area contributed by atoms with Crippen LogP contribution in [-0.4, -0.2) is 11.5 Å². The Morgan fingerprint density at radius 2 is 1.35 bits per heavy atom. The third-order valence-electron chi connectivity index (χ3n) is 8.67. The van der Waals surface area contributed by atoms with Gasteiger partial charge in [-0.2, -0.15) is 0 Å². The number of allylic oxidation sites excluding steroid dienone is 5. The van der Waals surface area contributed by atoms with Crippen molar-refractivity contribution in [1.82, 2.24) is 0 Å². The smallest absolute Gasteiger partial charge is 0.167 e. The van der Waals surface area contributed by atoms with Crippen molar-refractivity contribution in [1.29, 1.82) is 0 Å². The molecule has 3 heteroatoms. The third-order valence-corrected chi connectivity index (χ3v) is 8.67. The van der Waals surface area contributed by atoms with E-state index in [1.165, 1.54) is 44.5 Å². The van der Waals surface area contributed by atoms with Crippen molar-refractivity contribution in [2.24, 2.45) is 15.7 Å². The fourth-order valence-corrected chi connectivity index (χ4v) is 6.15. The Labute approximate surface area is 272 Å². The van der Waals surface area contributed by atoms with Crippen molar-refractivity contribution in [2.45, 2.75) is 32.9 Å². The van der Waals surface area contributed by atoms with E-state index in [4.69, 9.17) is 15.7 Å². The number of rotatable bonds is 9. The van der Waals surface area contributed by atoms with Gasteiger partial charge in [-0.05, 0) is 88.4 Å². The van der Waals surface area contributed by atoms with Gasteiger partial charge in [-0.1, -0.05) is 146 Å². The average molecular weight is 598 g/mol. The minimum atomic E-state index is -0.467. The molecule has 46 heavy (non-hydrogen) atoms. The van der Waals surface area contributed by atoms with E-state index in [-0.39, 0.29) is 0 Å². The Bertz CT molecular complexity index is 1960. The molecule has 0 heterocycles. The van der Waals surface area contributed by atoms with Gasteiger partial charge in [-0.15, -0.1) is 0 Å². The predicted octanol–water partition coefficient (Wildman–Crippen LogP) is 10.4. The molecule has 1 atom stereocenters. The number of nitrogens with two attached hydrogens (primary N) is 1. The van der Waals surface area contributed by atoms with Crippen LogP contribution in [0.1, 0.15) is 59.3 Å². The quantitative estimate of drug-likeness (QED) is 0.133. The Morgan fingerprint density at radius 1 is 0.717 bits per heavy atom.